The molecule has 0 amide bonds. The summed E-state index contributed by atoms with van der Waals surface area (Å²) in [5.74, 6) is 0.888. The first kappa shape index (κ1) is 12.9. The monoisotopic (exact) mass is 261 g/mol. The van der Waals surface area contributed by atoms with Gasteiger partial charge in [-0.15, -0.1) is 11.8 Å². The summed E-state index contributed by atoms with van der Waals surface area (Å²) in [5.41, 5.74) is 1.16. The Bertz CT molecular complexity index is 352. The molecular formula is C11H13Cl2NS. The molecular weight excluding hydrogens is 249 g/mol. The predicted molar refractivity (Wildman–Crippen MR) is 70.3 cm³/mol. The summed E-state index contributed by atoms with van der Waals surface area (Å²) in [6.45, 7) is 4.80. The molecule has 0 aliphatic rings. The molecule has 0 aliphatic heterocycles. The van der Waals surface area contributed by atoms with E-state index in [1.165, 1.54) is 0 Å². The van der Waals surface area contributed by atoms with Crippen LogP contribution in [0.1, 0.15) is 0 Å². The second kappa shape index (κ2) is 6.44. The van der Waals surface area contributed by atoms with Gasteiger partial charge in [0.05, 0.1) is 10.0 Å². The van der Waals surface area contributed by atoms with Crippen LogP contribution >= 0.6 is 35.0 Å². The number of hydrogen-bond acceptors (Lipinski definition) is 2. The molecule has 0 radical (unpaired) electrons. The standard InChI is InChI=1S/C11H13Cl2NS/c1-8(6-14-2)7-15-9-3-4-10(12)11(13)5-9/h3-5,14H,1,6-7H2,2H3. The van der Waals surface area contributed by atoms with E-state index in [0.717, 1.165) is 22.8 Å². The first-order valence-electron chi connectivity index (χ1n) is 4.52. The molecule has 0 saturated carbocycles. The third-order valence-electron chi connectivity index (χ3n) is 1.76. The second-order valence-corrected chi connectivity index (χ2v) is 5.01. The van der Waals surface area contributed by atoms with E-state index in [4.69, 9.17) is 23.2 Å². The Hall–Kier alpha value is -0.150. The number of nitrogens with one attached hydrogen (secondary N) is 1. The number of halogens is 2. The van der Waals surface area contributed by atoms with Gasteiger partial charge in [-0.05, 0) is 25.2 Å². The van der Waals surface area contributed by atoms with Gasteiger partial charge in [0.1, 0.15) is 0 Å². The third-order valence-corrected chi connectivity index (χ3v) is 3.64. The van der Waals surface area contributed by atoms with Crippen LogP contribution in [0.2, 0.25) is 10.0 Å². The van der Waals surface area contributed by atoms with Gasteiger partial charge in [0.2, 0.25) is 0 Å². The molecule has 0 saturated heterocycles. The molecule has 0 bridgehead atoms. The zero-order valence-electron chi connectivity index (χ0n) is 8.52. The van der Waals surface area contributed by atoms with E-state index < -0.39 is 0 Å². The average molecular weight is 262 g/mol. The predicted octanol–water partition coefficient (Wildman–Crippen LogP) is 3.86. The quantitative estimate of drug-likeness (QED) is 0.638. The van der Waals surface area contributed by atoms with E-state index in [-0.39, 0.29) is 0 Å². The van der Waals surface area contributed by atoms with E-state index in [2.05, 4.69) is 11.9 Å². The Morgan fingerprint density at radius 2 is 2.13 bits per heavy atom. The maximum absolute atomic E-state index is 5.91. The van der Waals surface area contributed by atoms with Crippen molar-refractivity contribution in [2.45, 2.75) is 4.90 Å². The Morgan fingerprint density at radius 3 is 2.73 bits per heavy atom. The minimum atomic E-state index is 0.593. The van der Waals surface area contributed by atoms with Crippen LogP contribution in [0, 0.1) is 0 Å². The summed E-state index contributed by atoms with van der Waals surface area (Å²) >= 11 is 13.4. The molecule has 82 valence electrons. The molecule has 0 aromatic heterocycles. The molecule has 1 nitrogen and oxygen atoms in total. The largest absolute Gasteiger partial charge is 0.316 e. The molecule has 0 heterocycles. The Labute approximate surface area is 105 Å². The van der Waals surface area contributed by atoms with Gasteiger partial charge in [0.25, 0.3) is 0 Å². The highest BCUT2D eigenvalue weighted by molar-refractivity contribution is 7.99. The Morgan fingerprint density at radius 1 is 1.40 bits per heavy atom. The zero-order valence-corrected chi connectivity index (χ0v) is 10.8. The fourth-order valence-corrected chi connectivity index (χ4v) is 2.25. The van der Waals surface area contributed by atoms with Crippen LogP contribution in [0.4, 0.5) is 0 Å². The first-order valence-corrected chi connectivity index (χ1v) is 6.26. The Balaban J connectivity index is 2.51. The van der Waals surface area contributed by atoms with Gasteiger partial charge >= 0.3 is 0 Å². The highest BCUT2D eigenvalue weighted by atomic mass is 35.5. The average Bonchev–Trinajstić information content (AvgIpc) is 2.20. The van der Waals surface area contributed by atoms with Gasteiger partial charge in [-0.1, -0.05) is 35.4 Å². The lowest BCUT2D eigenvalue weighted by Crippen LogP contribution is -2.10. The van der Waals surface area contributed by atoms with Gasteiger partial charge < -0.3 is 5.32 Å². The highest BCUT2D eigenvalue weighted by Gasteiger charge is 2.01. The highest BCUT2D eigenvalue weighted by Crippen LogP contribution is 2.28. The molecule has 0 fully saturated rings. The van der Waals surface area contributed by atoms with Crippen LogP contribution < -0.4 is 5.32 Å². The molecule has 0 unspecified atom stereocenters. The molecule has 0 atom stereocenters. The number of thioether (sulfide) groups is 1. The molecule has 1 aromatic rings. The molecule has 4 heteroatoms. The lowest BCUT2D eigenvalue weighted by molar-refractivity contribution is 0.885. The van der Waals surface area contributed by atoms with Crippen molar-refractivity contribution < 1.29 is 0 Å². The summed E-state index contributed by atoms with van der Waals surface area (Å²) in [5, 5.41) is 4.25. The van der Waals surface area contributed by atoms with E-state index >= 15 is 0 Å². The van der Waals surface area contributed by atoms with E-state index in [0.29, 0.717) is 10.0 Å². The molecule has 1 N–H and O–H groups in total. The van der Waals surface area contributed by atoms with Gasteiger partial charge in [0.15, 0.2) is 0 Å². The van der Waals surface area contributed by atoms with Gasteiger partial charge in [0, 0.05) is 17.2 Å². The minimum Gasteiger partial charge on any atom is -0.316 e. The van der Waals surface area contributed by atoms with Crippen molar-refractivity contribution in [3.63, 3.8) is 0 Å². The van der Waals surface area contributed by atoms with Crippen molar-refractivity contribution in [1.29, 1.82) is 0 Å². The lowest BCUT2D eigenvalue weighted by Gasteiger charge is -2.05. The first-order chi connectivity index (χ1) is 7.13. The van der Waals surface area contributed by atoms with Crippen molar-refractivity contribution in [3.05, 3.63) is 40.4 Å². The van der Waals surface area contributed by atoms with Crippen molar-refractivity contribution in [2.24, 2.45) is 0 Å². The van der Waals surface area contributed by atoms with Gasteiger partial charge in [-0.25, -0.2) is 0 Å². The SMILES string of the molecule is C=C(CNC)CSc1ccc(Cl)c(Cl)c1. The molecule has 0 aliphatic carbocycles. The fourth-order valence-electron chi connectivity index (χ4n) is 1.05. The van der Waals surface area contributed by atoms with E-state index in [1.807, 2.05) is 25.2 Å². The Kier molecular flexibility index (Phi) is 5.54. The van der Waals surface area contributed by atoms with E-state index in [1.54, 1.807) is 11.8 Å². The molecule has 0 spiro atoms. The summed E-state index contributed by atoms with van der Waals surface area (Å²) in [7, 11) is 1.91. The van der Waals surface area contributed by atoms with Crippen LogP contribution in [-0.4, -0.2) is 19.3 Å². The number of likely N-dealkylation sites (N-methyl/N-ethyl adjacent to an activating group) is 1. The molecule has 1 aromatic carbocycles. The van der Waals surface area contributed by atoms with Gasteiger partial charge in [-0.3, -0.25) is 0 Å². The van der Waals surface area contributed by atoms with Crippen LogP contribution in [0.15, 0.2) is 35.2 Å². The maximum Gasteiger partial charge on any atom is 0.0603 e. The van der Waals surface area contributed by atoms with Crippen molar-refractivity contribution >= 4 is 35.0 Å². The zero-order chi connectivity index (χ0) is 11.3. The minimum absolute atomic E-state index is 0.593. The topological polar surface area (TPSA) is 12.0 Å². The normalized spacial score (nSPS) is 10.3. The summed E-state index contributed by atoms with van der Waals surface area (Å²) in [6, 6.07) is 5.65. The third kappa shape index (κ3) is 4.47. The summed E-state index contributed by atoms with van der Waals surface area (Å²) < 4.78 is 0. The maximum atomic E-state index is 5.91. The van der Waals surface area contributed by atoms with E-state index in [9.17, 15) is 0 Å². The van der Waals surface area contributed by atoms with Crippen LogP contribution in [0.3, 0.4) is 0 Å². The van der Waals surface area contributed by atoms with Crippen LogP contribution in [0.25, 0.3) is 0 Å². The van der Waals surface area contributed by atoms with Crippen molar-refractivity contribution in [2.75, 3.05) is 19.3 Å². The number of rotatable bonds is 5. The summed E-state index contributed by atoms with van der Waals surface area (Å²) in [4.78, 5) is 1.11. The number of benzene rings is 1. The lowest BCUT2D eigenvalue weighted by atomic mass is 10.3. The van der Waals surface area contributed by atoms with Crippen LogP contribution in [-0.2, 0) is 0 Å². The number of hydrogen-bond donors (Lipinski definition) is 1. The second-order valence-electron chi connectivity index (χ2n) is 3.14. The smallest absolute Gasteiger partial charge is 0.0603 e. The van der Waals surface area contributed by atoms with Crippen molar-refractivity contribution in [3.8, 4) is 0 Å². The summed E-state index contributed by atoms with van der Waals surface area (Å²) in [6.07, 6.45) is 0. The fraction of sp³-hybridized carbons (Fsp3) is 0.273. The van der Waals surface area contributed by atoms with Crippen molar-refractivity contribution in [1.82, 2.24) is 5.32 Å². The van der Waals surface area contributed by atoms with Crippen LogP contribution in [0.5, 0.6) is 0 Å². The van der Waals surface area contributed by atoms with Gasteiger partial charge in [-0.2, -0.15) is 0 Å². The molecule has 1 rings (SSSR count). The molecule has 15 heavy (non-hydrogen) atoms.